The van der Waals surface area contributed by atoms with Crippen LogP contribution in [0, 0.1) is 17.3 Å². The molecule has 180 valence electrons. The molecular weight excluding hydrogens is 437 g/mol. The van der Waals surface area contributed by atoms with Gasteiger partial charge in [-0.25, -0.2) is 0 Å². The number of rotatable bonds is 9. The molecule has 0 unspecified atom stereocenters. The maximum atomic E-state index is 13.4. The summed E-state index contributed by atoms with van der Waals surface area (Å²) in [6.07, 6.45) is 1.32. The number of pyridine rings is 1. The number of benzene rings is 1. The second kappa shape index (κ2) is 9.51. The Hall–Kier alpha value is -2.31. The number of nitrogens with zero attached hydrogens (tertiary/aromatic N) is 1. The van der Waals surface area contributed by atoms with Crippen LogP contribution in [0.3, 0.4) is 0 Å². The molecule has 3 rings (SSSR count). The zero-order valence-electron chi connectivity index (χ0n) is 19.2. The molecule has 0 atom stereocenters. The zero-order valence-corrected chi connectivity index (χ0v) is 19.2. The predicted molar refractivity (Wildman–Crippen MR) is 117 cm³/mol. The molecule has 0 spiro atoms. The largest absolute Gasteiger partial charge is 0.416 e. The SMILES string of the molecule is CC(F)(F)c1cc(C(=O)CCCC2CC(C(C)(C)Cc3cccc(C(F)(F)F)c3)C2)ccn1. The van der Waals surface area contributed by atoms with Crippen LogP contribution in [0.25, 0.3) is 0 Å². The van der Waals surface area contributed by atoms with E-state index in [4.69, 9.17) is 0 Å². The number of Topliss-reactive ketones (excluding diaryl/α,β-unsaturated/α-hetero) is 1. The number of carbonyl (C=O) groups excluding carboxylic acids is 1. The lowest BCUT2D eigenvalue weighted by molar-refractivity contribution is -0.137. The maximum absolute atomic E-state index is 13.4. The Labute approximate surface area is 191 Å². The third kappa shape index (κ3) is 6.61. The lowest BCUT2D eigenvalue weighted by Crippen LogP contribution is -2.37. The molecule has 1 heterocycles. The second-order valence-corrected chi connectivity index (χ2v) is 10.0. The zero-order chi connectivity index (χ0) is 24.4. The van der Waals surface area contributed by atoms with E-state index in [0.29, 0.717) is 36.7 Å². The average molecular weight is 468 g/mol. The summed E-state index contributed by atoms with van der Waals surface area (Å²) in [7, 11) is 0. The molecule has 0 amide bonds. The summed E-state index contributed by atoms with van der Waals surface area (Å²) in [6.45, 7) is 4.95. The highest BCUT2D eigenvalue weighted by Gasteiger charge is 2.40. The van der Waals surface area contributed by atoms with Gasteiger partial charge in [0.25, 0.3) is 5.92 Å². The summed E-state index contributed by atoms with van der Waals surface area (Å²) in [5.41, 5.74) is -0.183. The second-order valence-electron chi connectivity index (χ2n) is 10.0. The van der Waals surface area contributed by atoms with Crippen LogP contribution in [0.4, 0.5) is 22.0 Å². The highest BCUT2D eigenvalue weighted by atomic mass is 19.4. The van der Waals surface area contributed by atoms with E-state index >= 15 is 0 Å². The molecule has 1 saturated carbocycles. The van der Waals surface area contributed by atoms with Crippen molar-refractivity contribution in [3.05, 3.63) is 65.0 Å². The van der Waals surface area contributed by atoms with Crippen LogP contribution >= 0.6 is 0 Å². The standard InChI is InChI=1S/C26H30F5NO/c1-24(2,16-18-7-4-8-20(14-18)26(29,30)31)21-12-17(13-21)6-5-9-22(33)19-10-11-32-23(15-19)25(3,27)28/h4,7-8,10-11,14-15,17,21H,5-6,9,12-13,16H2,1-3H3. The van der Waals surface area contributed by atoms with Gasteiger partial charge in [0.05, 0.1) is 5.56 Å². The van der Waals surface area contributed by atoms with Crippen molar-refractivity contribution < 1.29 is 26.7 Å². The highest BCUT2D eigenvalue weighted by Crippen LogP contribution is 2.49. The van der Waals surface area contributed by atoms with Crippen LogP contribution in [-0.4, -0.2) is 10.8 Å². The third-order valence-electron chi connectivity index (χ3n) is 6.80. The Balaban J connectivity index is 1.45. The van der Waals surface area contributed by atoms with E-state index in [-0.39, 0.29) is 16.8 Å². The highest BCUT2D eigenvalue weighted by molar-refractivity contribution is 5.96. The van der Waals surface area contributed by atoms with Gasteiger partial charge in [0.15, 0.2) is 5.78 Å². The Morgan fingerprint density at radius 1 is 1.03 bits per heavy atom. The lowest BCUT2D eigenvalue weighted by atomic mass is 9.59. The van der Waals surface area contributed by atoms with Gasteiger partial charge in [0.1, 0.15) is 5.69 Å². The molecule has 0 aliphatic heterocycles. The van der Waals surface area contributed by atoms with E-state index in [1.165, 1.54) is 24.4 Å². The van der Waals surface area contributed by atoms with Gasteiger partial charge in [0.2, 0.25) is 0 Å². The van der Waals surface area contributed by atoms with Gasteiger partial charge in [-0.05, 0) is 73.1 Å². The molecule has 1 aromatic carbocycles. The fourth-order valence-corrected chi connectivity index (χ4v) is 4.68. The topological polar surface area (TPSA) is 30.0 Å². The van der Waals surface area contributed by atoms with Crippen molar-refractivity contribution in [2.24, 2.45) is 17.3 Å². The minimum Gasteiger partial charge on any atom is -0.294 e. The predicted octanol–water partition coefficient (Wildman–Crippen LogP) is 7.86. The molecule has 2 aromatic rings. The average Bonchev–Trinajstić information content (AvgIpc) is 2.68. The first-order valence-corrected chi connectivity index (χ1v) is 11.3. The fraction of sp³-hybridized carbons (Fsp3) is 0.538. The quantitative estimate of drug-likeness (QED) is 0.278. The van der Waals surface area contributed by atoms with Gasteiger partial charge in [-0.2, -0.15) is 22.0 Å². The monoisotopic (exact) mass is 467 g/mol. The number of alkyl halides is 5. The first-order valence-electron chi connectivity index (χ1n) is 11.3. The minimum absolute atomic E-state index is 0.116. The van der Waals surface area contributed by atoms with Crippen molar-refractivity contribution in [3.63, 3.8) is 0 Å². The molecular formula is C26H30F5NO. The Bertz CT molecular complexity index is 971. The van der Waals surface area contributed by atoms with Crippen molar-refractivity contribution in [1.29, 1.82) is 0 Å². The van der Waals surface area contributed by atoms with E-state index in [1.807, 2.05) is 0 Å². The van der Waals surface area contributed by atoms with Gasteiger partial charge < -0.3 is 0 Å². The maximum Gasteiger partial charge on any atom is 0.416 e. The van der Waals surface area contributed by atoms with E-state index in [9.17, 15) is 26.7 Å². The number of ketones is 1. The first-order chi connectivity index (χ1) is 15.3. The number of carbonyl (C=O) groups is 1. The van der Waals surface area contributed by atoms with E-state index < -0.39 is 23.4 Å². The van der Waals surface area contributed by atoms with Gasteiger partial charge in [-0.1, -0.05) is 32.0 Å². The minimum atomic E-state index is -4.34. The van der Waals surface area contributed by atoms with E-state index in [0.717, 1.165) is 38.3 Å². The van der Waals surface area contributed by atoms with Crippen LogP contribution in [0.5, 0.6) is 0 Å². The van der Waals surface area contributed by atoms with Crippen molar-refractivity contribution in [2.45, 2.75) is 71.4 Å². The lowest BCUT2D eigenvalue weighted by Gasteiger charge is -2.46. The number of hydrogen-bond acceptors (Lipinski definition) is 2. The molecule has 0 bridgehead atoms. The van der Waals surface area contributed by atoms with Crippen molar-refractivity contribution in [1.82, 2.24) is 4.98 Å². The van der Waals surface area contributed by atoms with Crippen LogP contribution < -0.4 is 0 Å². The Morgan fingerprint density at radius 2 is 1.73 bits per heavy atom. The molecule has 7 heteroatoms. The first kappa shape index (κ1) is 25.3. The fourth-order valence-electron chi connectivity index (χ4n) is 4.68. The Morgan fingerprint density at radius 3 is 2.36 bits per heavy atom. The van der Waals surface area contributed by atoms with Gasteiger partial charge in [0, 0.05) is 25.1 Å². The molecule has 33 heavy (non-hydrogen) atoms. The van der Waals surface area contributed by atoms with Crippen LogP contribution in [0.1, 0.15) is 80.1 Å². The molecule has 0 N–H and O–H groups in total. The molecule has 0 saturated heterocycles. The number of aromatic nitrogens is 1. The molecule has 2 nitrogen and oxygen atoms in total. The summed E-state index contributed by atoms with van der Waals surface area (Å²) in [5, 5.41) is 0. The molecule has 1 aliphatic rings. The van der Waals surface area contributed by atoms with Crippen molar-refractivity contribution in [3.8, 4) is 0 Å². The van der Waals surface area contributed by atoms with Crippen molar-refractivity contribution in [2.75, 3.05) is 0 Å². The van der Waals surface area contributed by atoms with Crippen LogP contribution in [-0.2, 0) is 18.5 Å². The summed E-state index contributed by atoms with van der Waals surface area (Å²) < 4.78 is 65.8. The molecule has 0 radical (unpaired) electrons. The van der Waals surface area contributed by atoms with E-state index in [2.05, 4.69) is 18.8 Å². The number of halogens is 5. The molecule has 1 aromatic heterocycles. The molecule has 1 fully saturated rings. The summed E-state index contributed by atoms with van der Waals surface area (Å²) >= 11 is 0. The normalized spacial score (nSPS) is 19.3. The summed E-state index contributed by atoms with van der Waals surface area (Å²) in [5.74, 6) is -2.35. The van der Waals surface area contributed by atoms with Gasteiger partial charge in [-0.15, -0.1) is 0 Å². The molecule has 1 aliphatic carbocycles. The van der Waals surface area contributed by atoms with Crippen molar-refractivity contribution >= 4 is 5.78 Å². The summed E-state index contributed by atoms with van der Waals surface area (Å²) in [6, 6.07) is 8.17. The van der Waals surface area contributed by atoms with Gasteiger partial charge >= 0.3 is 6.18 Å². The van der Waals surface area contributed by atoms with Crippen LogP contribution in [0.2, 0.25) is 0 Å². The Kier molecular flexibility index (Phi) is 7.30. The van der Waals surface area contributed by atoms with E-state index in [1.54, 1.807) is 6.07 Å². The number of hydrogen-bond donors (Lipinski definition) is 0. The smallest absolute Gasteiger partial charge is 0.294 e. The summed E-state index contributed by atoms with van der Waals surface area (Å²) in [4.78, 5) is 16.0. The van der Waals surface area contributed by atoms with Crippen LogP contribution in [0.15, 0.2) is 42.6 Å². The van der Waals surface area contributed by atoms with Gasteiger partial charge in [-0.3, -0.25) is 9.78 Å². The third-order valence-corrected chi connectivity index (χ3v) is 6.80.